The minimum Gasteiger partial charge on any atom is -0.416 e. The fourth-order valence-electron chi connectivity index (χ4n) is 3.33. The second-order valence-corrected chi connectivity index (χ2v) is 9.81. The van der Waals surface area contributed by atoms with Crippen molar-refractivity contribution in [2.75, 3.05) is 23.8 Å². The summed E-state index contributed by atoms with van der Waals surface area (Å²) < 4.78 is 28.5. The van der Waals surface area contributed by atoms with E-state index < -0.39 is 9.84 Å². The van der Waals surface area contributed by atoms with E-state index in [4.69, 9.17) is 4.42 Å². The Morgan fingerprint density at radius 2 is 2.17 bits per heavy atom. The fraction of sp³-hybridized carbons (Fsp3) is 0.800. The molecule has 3 rings (SSSR count). The Bertz CT molecular complexity index is 689. The van der Waals surface area contributed by atoms with Crippen LogP contribution in [0.4, 0.5) is 0 Å². The lowest BCUT2D eigenvalue weighted by atomic mass is 10.0. The summed E-state index contributed by atoms with van der Waals surface area (Å²) in [6.07, 6.45) is 4.45. The number of hydrogen-bond acceptors (Lipinski definition) is 7. The van der Waals surface area contributed by atoms with Crippen LogP contribution in [0.3, 0.4) is 0 Å². The zero-order valence-electron chi connectivity index (χ0n) is 13.8. The van der Waals surface area contributed by atoms with Crippen LogP contribution in [-0.2, 0) is 21.1 Å². The van der Waals surface area contributed by atoms with E-state index in [1.165, 1.54) is 18.2 Å². The van der Waals surface area contributed by atoms with Gasteiger partial charge in [-0.1, -0.05) is 11.8 Å². The van der Waals surface area contributed by atoms with E-state index in [2.05, 4.69) is 17.1 Å². The minimum atomic E-state index is -2.89. The third-order valence-electron chi connectivity index (χ3n) is 4.68. The van der Waals surface area contributed by atoms with Gasteiger partial charge in [0.1, 0.15) is 0 Å². The summed E-state index contributed by atoms with van der Waals surface area (Å²) in [5.74, 6) is 1.36. The van der Waals surface area contributed by atoms with Gasteiger partial charge in [0.05, 0.1) is 17.3 Å². The monoisotopic (exact) mass is 373 g/mol. The summed E-state index contributed by atoms with van der Waals surface area (Å²) in [7, 11) is -2.89. The highest BCUT2D eigenvalue weighted by Crippen LogP contribution is 2.25. The van der Waals surface area contributed by atoms with Gasteiger partial charge in [0.25, 0.3) is 5.22 Å². The second kappa shape index (κ2) is 7.43. The number of carbonyl (C=O) groups excluding carboxylic acids is 1. The predicted octanol–water partition coefficient (Wildman–Crippen LogP) is 1.54. The lowest BCUT2D eigenvalue weighted by Gasteiger charge is -2.33. The van der Waals surface area contributed by atoms with Gasteiger partial charge < -0.3 is 9.32 Å². The molecule has 0 N–H and O–H groups in total. The Morgan fingerprint density at radius 1 is 1.33 bits per heavy atom. The number of sulfone groups is 1. The lowest BCUT2D eigenvalue weighted by molar-refractivity contribution is -0.131. The number of carbonyl (C=O) groups is 1. The minimum absolute atomic E-state index is 0.0594. The number of thioether (sulfide) groups is 1. The SMILES string of the molecule is C[C@H]1CCCCN1C(=O)CSc1nnc(C[C@@H]2CCS(=O)(=O)C2)o1. The Labute approximate surface area is 146 Å². The molecule has 0 bridgehead atoms. The van der Waals surface area contributed by atoms with Crippen LogP contribution < -0.4 is 0 Å². The molecule has 134 valence electrons. The van der Waals surface area contributed by atoms with Crippen LogP contribution >= 0.6 is 11.8 Å². The quantitative estimate of drug-likeness (QED) is 0.723. The van der Waals surface area contributed by atoms with E-state index in [1.807, 2.05) is 4.90 Å². The van der Waals surface area contributed by atoms with Crippen LogP contribution in [0.1, 0.15) is 38.5 Å². The number of aromatic nitrogens is 2. The smallest absolute Gasteiger partial charge is 0.277 e. The molecule has 0 aliphatic carbocycles. The van der Waals surface area contributed by atoms with E-state index in [9.17, 15) is 13.2 Å². The molecule has 1 aromatic heterocycles. The number of amides is 1. The maximum atomic E-state index is 12.3. The molecule has 0 radical (unpaired) electrons. The molecular weight excluding hydrogens is 350 g/mol. The average molecular weight is 374 g/mol. The fourth-order valence-corrected chi connectivity index (χ4v) is 5.86. The van der Waals surface area contributed by atoms with E-state index in [-0.39, 0.29) is 23.3 Å². The molecule has 9 heteroatoms. The summed E-state index contributed by atoms with van der Waals surface area (Å²) in [6.45, 7) is 2.91. The molecule has 0 spiro atoms. The zero-order chi connectivity index (χ0) is 17.2. The zero-order valence-corrected chi connectivity index (χ0v) is 15.4. The van der Waals surface area contributed by atoms with Gasteiger partial charge in [-0.2, -0.15) is 0 Å². The number of nitrogens with zero attached hydrogens (tertiary/aromatic N) is 3. The van der Waals surface area contributed by atoms with Crippen LogP contribution in [0.2, 0.25) is 0 Å². The van der Waals surface area contributed by atoms with Gasteiger partial charge in [-0.05, 0) is 38.5 Å². The molecule has 0 unspecified atom stereocenters. The number of piperidine rings is 1. The topological polar surface area (TPSA) is 93.4 Å². The summed E-state index contributed by atoms with van der Waals surface area (Å²) >= 11 is 1.25. The van der Waals surface area contributed by atoms with Crippen molar-refractivity contribution in [2.24, 2.45) is 5.92 Å². The highest BCUT2D eigenvalue weighted by atomic mass is 32.2. The third kappa shape index (κ3) is 4.50. The summed E-state index contributed by atoms with van der Waals surface area (Å²) in [5, 5.41) is 8.31. The van der Waals surface area contributed by atoms with Crippen molar-refractivity contribution in [3.63, 3.8) is 0 Å². The van der Waals surface area contributed by atoms with Crippen LogP contribution in [0, 0.1) is 5.92 Å². The Hall–Kier alpha value is -1.09. The van der Waals surface area contributed by atoms with E-state index >= 15 is 0 Å². The maximum absolute atomic E-state index is 12.3. The highest BCUT2D eigenvalue weighted by Gasteiger charge is 2.29. The normalized spacial score (nSPS) is 26.6. The predicted molar refractivity (Wildman–Crippen MR) is 90.5 cm³/mol. The summed E-state index contributed by atoms with van der Waals surface area (Å²) in [4.78, 5) is 14.2. The first-order valence-electron chi connectivity index (χ1n) is 8.38. The Balaban J connectivity index is 1.48. The largest absolute Gasteiger partial charge is 0.416 e. The van der Waals surface area contributed by atoms with Gasteiger partial charge >= 0.3 is 0 Å². The summed E-state index contributed by atoms with van der Waals surface area (Å²) in [6, 6.07) is 0.300. The molecule has 1 amide bonds. The molecule has 24 heavy (non-hydrogen) atoms. The molecule has 2 aliphatic rings. The molecule has 1 aromatic rings. The van der Waals surface area contributed by atoms with E-state index in [0.717, 1.165) is 19.4 Å². The standard InChI is InChI=1S/C15H23N3O4S2/c1-11-4-2-3-6-18(11)14(19)9-23-15-17-16-13(22-15)8-12-5-7-24(20,21)10-12/h11-12H,2-10H2,1H3/t11-,12-/m0/s1. The first-order chi connectivity index (χ1) is 11.4. The van der Waals surface area contributed by atoms with Gasteiger partial charge in [-0.25, -0.2) is 8.42 Å². The highest BCUT2D eigenvalue weighted by molar-refractivity contribution is 7.99. The second-order valence-electron chi connectivity index (χ2n) is 6.66. The molecule has 2 atom stereocenters. The lowest BCUT2D eigenvalue weighted by Crippen LogP contribution is -2.42. The molecule has 0 saturated carbocycles. The van der Waals surface area contributed by atoms with Crippen LogP contribution in [0.25, 0.3) is 0 Å². The molecule has 3 heterocycles. The van der Waals surface area contributed by atoms with Gasteiger partial charge in [0.15, 0.2) is 9.84 Å². The molecule has 2 fully saturated rings. The van der Waals surface area contributed by atoms with Crippen LogP contribution in [-0.4, -0.2) is 59.3 Å². The van der Waals surface area contributed by atoms with Crippen molar-refractivity contribution in [1.29, 1.82) is 0 Å². The van der Waals surface area contributed by atoms with Crippen molar-refractivity contribution in [1.82, 2.24) is 15.1 Å². The molecular formula is C15H23N3O4S2. The van der Waals surface area contributed by atoms with Crippen molar-refractivity contribution in [2.45, 2.75) is 50.3 Å². The first kappa shape index (κ1) is 17.7. The molecule has 7 nitrogen and oxygen atoms in total. The number of likely N-dealkylation sites (tertiary alicyclic amines) is 1. The maximum Gasteiger partial charge on any atom is 0.277 e. The number of rotatable bonds is 5. The average Bonchev–Trinajstić information content (AvgIpc) is 3.12. The van der Waals surface area contributed by atoms with Crippen LogP contribution in [0.15, 0.2) is 9.64 Å². The summed E-state index contributed by atoms with van der Waals surface area (Å²) in [5.41, 5.74) is 0. The number of hydrogen-bond donors (Lipinski definition) is 0. The Morgan fingerprint density at radius 3 is 2.88 bits per heavy atom. The van der Waals surface area contributed by atoms with Crippen molar-refractivity contribution >= 4 is 27.5 Å². The van der Waals surface area contributed by atoms with Crippen molar-refractivity contribution in [3.05, 3.63) is 5.89 Å². The molecule has 2 saturated heterocycles. The van der Waals surface area contributed by atoms with E-state index in [0.29, 0.717) is 35.7 Å². The van der Waals surface area contributed by atoms with Gasteiger partial charge in [-0.3, -0.25) is 4.79 Å². The first-order valence-corrected chi connectivity index (χ1v) is 11.2. The molecule has 2 aliphatic heterocycles. The van der Waals surface area contributed by atoms with Crippen molar-refractivity contribution < 1.29 is 17.6 Å². The molecule has 0 aromatic carbocycles. The van der Waals surface area contributed by atoms with Gasteiger partial charge in [0, 0.05) is 19.0 Å². The van der Waals surface area contributed by atoms with Gasteiger partial charge in [-0.15, -0.1) is 10.2 Å². The Kier molecular flexibility index (Phi) is 5.49. The van der Waals surface area contributed by atoms with Crippen LogP contribution in [0.5, 0.6) is 0 Å². The van der Waals surface area contributed by atoms with E-state index in [1.54, 1.807) is 0 Å². The van der Waals surface area contributed by atoms with Crippen molar-refractivity contribution in [3.8, 4) is 0 Å². The third-order valence-corrected chi connectivity index (χ3v) is 7.32. The van der Waals surface area contributed by atoms with Gasteiger partial charge in [0.2, 0.25) is 11.8 Å².